The number of anilines is 2. The highest BCUT2D eigenvalue weighted by molar-refractivity contribution is 7.92. The van der Waals surface area contributed by atoms with Crippen LogP contribution >= 0.6 is 11.6 Å². The van der Waals surface area contributed by atoms with Crippen LogP contribution in [0.2, 0.25) is 5.02 Å². The Hall–Kier alpha value is -3.56. The molecule has 4 aromatic rings. The first kappa shape index (κ1) is 19.7. The Kier molecular flexibility index (Phi) is 5.06. The molecule has 0 atom stereocenters. The Morgan fingerprint density at radius 1 is 0.967 bits per heavy atom. The normalized spacial score (nSPS) is 11.4. The fourth-order valence-corrected chi connectivity index (χ4v) is 3.81. The number of hydrogen-bond acceptors (Lipinski definition) is 7. The highest BCUT2D eigenvalue weighted by Gasteiger charge is 2.20. The zero-order chi connectivity index (χ0) is 21.3. The number of nitrogens with one attached hydrogen (secondary N) is 1. The number of aromatic hydroxyl groups is 1. The molecule has 0 aliphatic carbocycles. The summed E-state index contributed by atoms with van der Waals surface area (Å²) in [6.07, 6.45) is 0. The zero-order valence-electron chi connectivity index (χ0n) is 15.3. The van der Waals surface area contributed by atoms with Gasteiger partial charge in [0.2, 0.25) is 5.82 Å². The minimum Gasteiger partial charge on any atom is -0.508 e. The number of nitrogens with zero attached hydrogens (tertiary/aromatic N) is 2. The predicted octanol–water partition coefficient (Wildman–Crippen LogP) is 4.16. The van der Waals surface area contributed by atoms with Crippen molar-refractivity contribution in [3.8, 4) is 17.4 Å². The summed E-state index contributed by atoms with van der Waals surface area (Å²) in [5.74, 6) is 0.00582. The molecule has 0 radical (unpaired) electrons. The summed E-state index contributed by atoms with van der Waals surface area (Å²) in [6, 6.07) is 16.5. The van der Waals surface area contributed by atoms with Crippen LogP contribution in [-0.2, 0) is 10.0 Å². The van der Waals surface area contributed by atoms with E-state index in [-0.39, 0.29) is 28.1 Å². The SMILES string of the molecule is Nc1ccc(S(=O)(=O)Nc2nc3ccc(Cl)cc3nc2Oc2cccc(O)c2)cc1. The van der Waals surface area contributed by atoms with E-state index in [1.165, 1.54) is 36.4 Å². The largest absolute Gasteiger partial charge is 0.508 e. The highest BCUT2D eigenvalue weighted by Crippen LogP contribution is 2.32. The van der Waals surface area contributed by atoms with Crippen LogP contribution in [0.4, 0.5) is 11.5 Å². The monoisotopic (exact) mass is 442 g/mol. The number of benzene rings is 3. The van der Waals surface area contributed by atoms with Gasteiger partial charge in [-0.1, -0.05) is 17.7 Å². The Labute approximate surface area is 177 Å². The van der Waals surface area contributed by atoms with E-state index in [1.807, 2.05) is 0 Å². The Morgan fingerprint density at radius 2 is 1.73 bits per heavy atom. The van der Waals surface area contributed by atoms with Crippen molar-refractivity contribution in [3.63, 3.8) is 0 Å². The predicted molar refractivity (Wildman–Crippen MR) is 114 cm³/mol. The van der Waals surface area contributed by atoms with Crippen LogP contribution in [0.3, 0.4) is 0 Å². The zero-order valence-corrected chi connectivity index (χ0v) is 16.9. The second-order valence-electron chi connectivity index (χ2n) is 6.28. The average molecular weight is 443 g/mol. The van der Waals surface area contributed by atoms with Gasteiger partial charge >= 0.3 is 0 Å². The van der Waals surface area contributed by atoms with Gasteiger partial charge in [0, 0.05) is 16.8 Å². The summed E-state index contributed by atoms with van der Waals surface area (Å²) in [4.78, 5) is 8.69. The molecule has 10 heteroatoms. The molecule has 0 saturated carbocycles. The Balaban J connectivity index is 1.80. The van der Waals surface area contributed by atoms with E-state index in [1.54, 1.807) is 30.3 Å². The molecule has 4 rings (SSSR count). The molecular weight excluding hydrogens is 428 g/mol. The molecule has 4 N–H and O–H groups in total. The molecule has 0 aliphatic rings. The van der Waals surface area contributed by atoms with Crippen molar-refractivity contribution in [1.82, 2.24) is 9.97 Å². The number of sulfonamides is 1. The molecule has 0 unspecified atom stereocenters. The summed E-state index contributed by atoms with van der Waals surface area (Å²) in [5.41, 5.74) is 6.89. The maximum Gasteiger partial charge on any atom is 0.264 e. The van der Waals surface area contributed by atoms with Crippen LogP contribution in [0.15, 0.2) is 71.6 Å². The molecule has 0 spiro atoms. The van der Waals surface area contributed by atoms with E-state index in [9.17, 15) is 13.5 Å². The van der Waals surface area contributed by atoms with Gasteiger partial charge in [0.1, 0.15) is 11.5 Å². The molecule has 0 fully saturated rings. The minimum absolute atomic E-state index is 0.00184. The first-order chi connectivity index (χ1) is 14.3. The number of ether oxygens (including phenoxy) is 1. The standard InChI is InChI=1S/C20H15ClN4O4S/c21-12-4-9-17-18(10-12)24-20(29-15-3-1-2-14(26)11-15)19(23-17)25-30(27,28)16-7-5-13(22)6-8-16/h1-11,26H,22H2,(H,23,25). The number of rotatable bonds is 5. The van der Waals surface area contributed by atoms with Gasteiger partial charge in [0.05, 0.1) is 15.9 Å². The molecule has 0 amide bonds. The lowest BCUT2D eigenvalue weighted by molar-refractivity contribution is 0.447. The maximum absolute atomic E-state index is 12.8. The number of hydrogen-bond donors (Lipinski definition) is 3. The molecule has 0 saturated heterocycles. The van der Waals surface area contributed by atoms with Gasteiger partial charge < -0.3 is 15.6 Å². The number of phenolic OH excluding ortho intramolecular Hbond substituents is 1. The molecule has 0 aliphatic heterocycles. The number of fused-ring (bicyclic) bond motifs is 1. The lowest BCUT2D eigenvalue weighted by atomic mass is 10.3. The van der Waals surface area contributed by atoms with Gasteiger partial charge in [-0.15, -0.1) is 0 Å². The Morgan fingerprint density at radius 3 is 2.47 bits per heavy atom. The third kappa shape index (κ3) is 4.22. The van der Waals surface area contributed by atoms with Crippen molar-refractivity contribution in [2.24, 2.45) is 0 Å². The fourth-order valence-electron chi connectivity index (χ4n) is 2.64. The Bertz CT molecular complexity index is 1350. The molecule has 1 aromatic heterocycles. The van der Waals surface area contributed by atoms with Crippen molar-refractivity contribution in [1.29, 1.82) is 0 Å². The fraction of sp³-hybridized carbons (Fsp3) is 0. The molecule has 0 bridgehead atoms. The summed E-state index contributed by atoms with van der Waals surface area (Å²) in [6.45, 7) is 0. The number of nitrogens with two attached hydrogens (primary N) is 1. The summed E-state index contributed by atoms with van der Waals surface area (Å²) in [7, 11) is -3.99. The number of halogens is 1. The van der Waals surface area contributed by atoms with E-state index in [0.717, 1.165) is 0 Å². The first-order valence-corrected chi connectivity index (χ1v) is 10.5. The lowest BCUT2D eigenvalue weighted by Gasteiger charge is -2.13. The number of phenols is 1. The summed E-state index contributed by atoms with van der Waals surface area (Å²) in [5, 5.41) is 10.1. The molecule has 152 valence electrons. The average Bonchev–Trinajstić information content (AvgIpc) is 2.69. The van der Waals surface area contributed by atoms with Crippen molar-refractivity contribution < 1.29 is 18.3 Å². The van der Waals surface area contributed by atoms with Crippen molar-refractivity contribution >= 4 is 44.2 Å². The van der Waals surface area contributed by atoms with Gasteiger partial charge in [0.15, 0.2) is 0 Å². The van der Waals surface area contributed by atoms with E-state index in [2.05, 4.69) is 14.7 Å². The van der Waals surface area contributed by atoms with Crippen LogP contribution in [0.5, 0.6) is 17.4 Å². The van der Waals surface area contributed by atoms with Crippen LogP contribution < -0.4 is 15.2 Å². The van der Waals surface area contributed by atoms with Crippen molar-refractivity contribution in [2.45, 2.75) is 4.90 Å². The van der Waals surface area contributed by atoms with Crippen molar-refractivity contribution in [3.05, 3.63) is 71.8 Å². The third-order valence-corrected chi connectivity index (χ3v) is 5.64. The van der Waals surface area contributed by atoms with E-state index < -0.39 is 10.0 Å². The molecular formula is C20H15ClN4O4S. The van der Waals surface area contributed by atoms with Gasteiger partial charge in [-0.05, 0) is 54.6 Å². The van der Waals surface area contributed by atoms with Gasteiger partial charge in [-0.2, -0.15) is 0 Å². The second-order valence-corrected chi connectivity index (χ2v) is 8.40. The lowest BCUT2D eigenvalue weighted by Crippen LogP contribution is -2.15. The third-order valence-electron chi connectivity index (χ3n) is 4.05. The van der Waals surface area contributed by atoms with E-state index >= 15 is 0 Å². The van der Waals surface area contributed by atoms with Crippen LogP contribution in [0.25, 0.3) is 11.0 Å². The minimum atomic E-state index is -3.99. The number of aromatic nitrogens is 2. The molecule has 8 nitrogen and oxygen atoms in total. The van der Waals surface area contributed by atoms with Gasteiger partial charge in [-0.25, -0.2) is 18.4 Å². The maximum atomic E-state index is 12.8. The first-order valence-electron chi connectivity index (χ1n) is 8.63. The topological polar surface area (TPSA) is 127 Å². The van der Waals surface area contributed by atoms with Gasteiger partial charge in [-0.3, -0.25) is 4.72 Å². The summed E-state index contributed by atoms with van der Waals surface area (Å²) >= 11 is 6.03. The highest BCUT2D eigenvalue weighted by atomic mass is 35.5. The summed E-state index contributed by atoms with van der Waals surface area (Å²) < 4.78 is 33.8. The van der Waals surface area contributed by atoms with E-state index in [4.69, 9.17) is 22.1 Å². The van der Waals surface area contributed by atoms with Crippen LogP contribution in [0, 0.1) is 0 Å². The van der Waals surface area contributed by atoms with E-state index in [0.29, 0.717) is 21.7 Å². The quantitative estimate of drug-likeness (QED) is 0.396. The van der Waals surface area contributed by atoms with Crippen molar-refractivity contribution in [2.75, 3.05) is 10.5 Å². The smallest absolute Gasteiger partial charge is 0.264 e. The molecule has 1 heterocycles. The molecule has 3 aromatic carbocycles. The van der Waals surface area contributed by atoms with Gasteiger partial charge in [0.25, 0.3) is 15.9 Å². The number of nitrogen functional groups attached to an aromatic ring is 1. The van der Waals surface area contributed by atoms with Crippen LogP contribution in [-0.4, -0.2) is 23.5 Å². The molecule has 30 heavy (non-hydrogen) atoms. The van der Waals surface area contributed by atoms with Crippen LogP contribution in [0.1, 0.15) is 0 Å². The second kappa shape index (κ2) is 7.69.